The third-order valence-electron chi connectivity index (χ3n) is 3.12. The van der Waals surface area contributed by atoms with Crippen molar-refractivity contribution in [1.82, 2.24) is 9.78 Å². The summed E-state index contributed by atoms with van der Waals surface area (Å²) in [6.45, 7) is 5.30. The van der Waals surface area contributed by atoms with Gasteiger partial charge in [-0.1, -0.05) is 6.07 Å². The lowest BCUT2D eigenvalue weighted by atomic mass is 10.1. The Morgan fingerprint density at radius 1 is 1.40 bits per heavy atom. The van der Waals surface area contributed by atoms with Crippen molar-refractivity contribution in [2.24, 2.45) is 5.73 Å². The van der Waals surface area contributed by atoms with Gasteiger partial charge >= 0.3 is 0 Å². The molecule has 0 aliphatic heterocycles. The molecule has 0 bridgehead atoms. The number of nitrogens with zero attached hydrogens (tertiary/aromatic N) is 2. The third-order valence-corrected chi connectivity index (χ3v) is 3.12. The van der Waals surface area contributed by atoms with Crippen molar-refractivity contribution in [3.8, 4) is 11.5 Å². The topological polar surface area (TPSA) is 62.3 Å². The molecular formula is C15H21N3O2. The summed E-state index contributed by atoms with van der Waals surface area (Å²) in [5.74, 6) is 1.51. The second kappa shape index (κ2) is 6.43. The molecule has 20 heavy (non-hydrogen) atoms. The maximum atomic E-state index is 5.96. The molecule has 0 radical (unpaired) electrons. The van der Waals surface area contributed by atoms with Gasteiger partial charge in [0.15, 0.2) is 0 Å². The Morgan fingerprint density at radius 2 is 2.20 bits per heavy atom. The minimum Gasteiger partial charge on any atom is -0.497 e. The van der Waals surface area contributed by atoms with Gasteiger partial charge in [0.05, 0.1) is 13.3 Å². The first-order valence-corrected chi connectivity index (χ1v) is 6.71. The van der Waals surface area contributed by atoms with Crippen LogP contribution < -0.4 is 15.2 Å². The number of ether oxygens (including phenoxy) is 2. The average Bonchev–Trinajstić information content (AvgIpc) is 2.92. The molecule has 0 saturated carbocycles. The summed E-state index contributed by atoms with van der Waals surface area (Å²) < 4.78 is 13.0. The highest BCUT2D eigenvalue weighted by Crippen LogP contribution is 2.29. The summed E-state index contributed by atoms with van der Waals surface area (Å²) in [4.78, 5) is 0. The van der Waals surface area contributed by atoms with E-state index in [2.05, 4.69) is 5.10 Å². The van der Waals surface area contributed by atoms with Crippen LogP contribution >= 0.6 is 0 Å². The lowest BCUT2D eigenvalue weighted by Crippen LogP contribution is -2.08. The molecule has 0 aliphatic rings. The number of nitrogens with two attached hydrogens (primary N) is 1. The van der Waals surface area contributed by atoms with Crippen molar-refractivity contribution in [1.29, 1.82) is 0 Å². The molecule has 2 aromatic rings. The molecule has 0 aliphatic carbocycles. The van der Waals surface area contributed by atoms with Gasteiger partial charge in [-0.05, 0) is 19.9 Å². The molecule has 1 atom stereocenters. The molecule has 0 spiro atoms. The third kappa shape index (κ3) is 3.30. The van der Waals surface area contributed by atoms with Crippen LogP contribution in [0.4, 0.5) is 0 Å². The molecule has 0 saturated heterocycles. The van der Waals surface area contributed by atoms with Crippen LogP contribution in [0.5, 0.6) is 11.5 Å². The lowest BCUT2D eigenvalue weighted by molar-refractivity contribution is 0.299. The molecule has 1 aromatic carbocycles. The van der Waals surface area contributed by atoms with E-state index in [9.17, 15) is 0 Å². The Morgan fingerprint density at radius 3 is 2.80 bits per heavy atom. The van der Waals surface area contributed by atoms with Gasteiger partial charge in [-0.3, -0.25) is 4.68 Å². The van der Waals surface area contributed by atoms with E-state index < -0.39 is 0 Å². The van der Waals surface area contributed by atoms with Crippen LogP contribution in [0, 0.1) is 0 Å². The normalized spacial score (nSPS) is 12.2. The highest BCUT2D eigenvalue weighted by atomic mass is 16.5. The number of methoxy groups -OCH3 is 1. The Kier molecular flexibility index (Phi) is 4.63. The number of hydrogen-bond donors (Lipinski definition) is 1. The lowest BCUT2D eigenvalue weighted by Gasteiger charge is -2.14. The van der Waals surface area contributed by atoms with Gasteiger partial charge < -0.3 is 15.2 Å². The average molecular weight is 275 g/mol. The molecule has 5 heteroatoms. The van der Waals surface area contributed by atoms with Crippen molar-refractivity contribution in [2.75, 3.05) is 7.11 Å². The van der Waals surface area contributed by atoms with Crippen molar-refractivity contribution in [3.05, 3.63) is 41.7 Å². The van der Waals surface area contributed by atoms with Gasteiger partial charge in [0.25, 0.3) is 0 Å². The van der Waals surface area contributed by atoms with Gasteiger partial charge in [0.1, 0.15) is 18.1 Å². The van der Waals surface area contributed by atoms with E-state index in [4.69, 9.17) is 15.2 Å². The van der Waals surface area contributed by atoms with Crippen LogP contribution in [-0.2, 0) is 13.2 Å². The summed E-state index contributed by atoms with van der Waals surface area (Å²) in [6, 6.07) is 5.60. The Hall–Kier alpha value is -2.01. The fraction of sp³-hybridized carbons (Fsp3) is 0.400. The van der Waals surface area contributed by atoms with Crippen LogP contribution in [0.3, 0.4) is 0 Å². The quantitative estimate of drug-likeness (QED) is 0.880. The van der Waals surface area contributed by atoms with Gasteiger partial charge in [-0.2, -0.15) is 5.10 Å². The highest BCUT2D eigenvalue weighted by molar-refractivity contribution is 5.42. The van der Waals surface area contributed by atoms with Crippen LogP contribution in [0.1, 0.15) is 31.0 Å². The monoisotopic (exact) mass is 275 g/mol. The van der Waals surface area contributed by atoms with E-state index in [1.54, 1.807) is 7.11 Å². The van der Waals surface area contributed by atoms with E-state index in [-0.39, 0.29) is 6.04 Å². The van der Waals surface area contributed by atoms with Gasteiger partial charge in [-0.15, -0.1) is 0 Å². The molecule has 108 valence electrons. The highest BCUT2D eigenvalue weighted by Gasteiger charge is 2.10. The second-order valence-electron chi connectivity index (χ2n) is 4.69. The van der Waals surface area contributed by atoms with Crippen molar-refractivity contribution in [2.45, 2.75) is 33.0 Å². The summed E-state index contributed by atoms with van der Waals surface area (Å²) in [7, 11) is 1.63. The van der Waals surface area contributed by atoms with E-state index >= 15 is 0 Å². The Bertz CT molecular complexity index is 564. The van der Waals surface area contributed by atoms with Crippen molar-refractivity contribution < 1.29 is 9.47 Å². The number of aromatic nitrogens is 2. The maximum absolute atomic E-state index is 5.96. The number of aryl methyl sites for hydroxylation is 1. The molecule has 0 amide bonds. The van der Waals surface area contributed by atoms with E-state index in [1.165, 1.54) is 0 Å². The Labute approximate surface area is 119 Å². The summed E-state index contributed by atoms with van der Waals surface area (Å²) in [6.07, 6.45) is 3.79. The number of hydrogen-bond acceptors (Lipinski definition) is 4. The fourth-order valence-electron chi connectivity index (χ4n) is 1.96. The first-order chi connectivity index (χ1) is 9.63. The van der Waals surface area contributed by atoms with E-state index in [1.807, 2.05) is 49.1 Å². The largest absolute Gasteiger partial charge is 0.497 e. The molecule has 0 fully saturated rings. The van der Waals surface area contributed by atoms with Crippen LogP contribution in [0.25, 0.3) is 0 Å². The van der Waals surface area contributed by atoms with Crippen molar-refractivity contribution in [3.63, 3.8) is 0 Å². The minimum absolute atomic E-state index is 0.0886. The SMILES string of the molecule is CCn1cc(COc2cc(OC)ccc2[C@H](C)N)cn1. The smallest absolute Gasteiger partial charge is 0.128 e. The molecule has 0 unspecified atom stereocenters. The van der Waals surface area contributed by atoms with Crippen LogP contribution in [0.15, 0.2) is 30.6 Å². The van der Waals surface area contributed by atoms with Gasteiger partial charge in [0, 0.05) is 36.0 Å². The fourth-order valence-corrected chi connectivity index (χ4v) is 1.96. The van der Waals surface area contributed by atoms with E-state index in [0.29, 0.717) is 6.61 Å². The second-order valence-corrected chi connectivity index (χ2v) is 4.69. The zero-order chi connectivity index (χ0) is 14.5. The minimum atomic E-state index is -0.0886. The van der Waals surface area contributed by atoms with E-state index in [0.717, 1.165) is 29.2 Å². The molecule has 5 nitrogen and oxygen atoms in total. The number of rotatable bonds is 6. The molecule has 2 N–H and O–H groups in total. The number of benzene rings is 1. The zero-order valence-electron chi connectivity index (χ0n) is 12.2. The Balaban J connectivity index is 2.14. The van der Waals surface area contributed by atoms with Crippen LogP contribution in [0.2, 0.25) is 0 Å². The first-order valence-electron chi connectivity index (χ1n) is 6.71. The molecular weight excluding hydrogens is 254 g/mol. The van der Waals surface area contributed by atoms with Gasteiger partial charge in [-0.25, -0.2) is 0 Å². The van der Waals surface area contributed by atoms with Crippen molar-refractivity contribution >= 4 is 0 Å². The summed E-state index contributed by atoms with van der Waals surface area (Å²) >= 11 is 0. The van der Waals surface area contributed by atoms with Crippen LogP contribution in [-0.4, -0.2) is 16.9 Å². The predicted molar refractivity (Wildman–Crippen MR) is 77.8 cm³/mol. The predicted octanol–water partition coefficient (Wildman–Crippen LogP) is 2.51. The molecule has 1 heterocycles. The summed E-state index contributed by atoms with van der Waals surface area (Å²) in [5, 5.41) is 4.23. The van der Waals surface area contributed by atoms with Gasteiger partial charge in [0.2, 0.25) is 0 Å². The first kappa shape index (κ1) is 14.4. The molecule has 2 rings (SSSR count). The standard InChI is InChI=1S/C15H21N3O2/c1-4-18-9-12(8-17-18)10-20-15-7-13(19-3)5-6-14(15)11(2)16/h5-9,11H,4,10,16H2,1-3H3/t11-/m0/s1. The summed E-state index contributed by atoms with van der Waals surface area (Å²) in [5.41, 5.74) is 7.96. The zero-order valence-corrected chi connectivity index (χ0v) is 12.2. The maximum Gasteiger partial charge on any atom is 0.128 e. The molecule has 1 aromatic heterocycles.